The predicted octanol–water partition coefficient (Wildman–Crippen LogP) is 0.659. The third kappa shape index (κ3) is 2.27. The SMILES string of the molecule is CCN1CC(CN(C)C2CCOC2)C1. The molecular formula is C11H22N2O. The van der Waals surface area contributed by atoms with Crippen LogP contribution in [0, 0.1) is 5.92 Å². The second-order valence-corrected chi connectivity index (χ2v) is 4.68. The number of nitrogens with zero attached hydrogens (tertiary/aromatic N) is 2. The van der Waals surface area contributed by atoms with Gasteiger partial charge in [-0.3, -0.25) is 0 Å². The van der Waals surface area contributed by atoms with E-state index < -0.39 is 0 Å². The molecule has 1 atom stereocenters. The van der Waals surface area contributed by atoms with Crippen LogP contribution in [0.4, 0.5) is 0 Å². The lowest BCUT2D eigenvalue weighted by Crippen LogP contribution is -2.52. The summed E-state index contributed by atoms with van der Waals surface area (Å²) in [5, 5.41) is 0. The van der Waals surface area contributed by atoms with Crippen molar-refractivity contribution in [2.75, 3.05) is 46.4 Å². The Bertz CT molecular complexity index is 174. The molecule has 0 N–H and O–H groups in total. The molecule has 0 aromatic heterocycles. The summed E-state index contributed by atoms with van der Waals surface area (Å²) in [6.45, 7) is 9.21. The van der Waals surface area contributed by atoms with E-state index in [4.69, 9.17) is 4.74 Å². The van der Waals surface area contributed by atoms with E-state index in [1.54, 1.807) is 0 Å². The Morgan fingerprint density at radius 1 is 1.43 bits per heavy atom. The number of likely N-dealkylation sites (N-methyl/N-ethyl adjacent to an activating group) is 1. The molecule has 0 aliphatic carbocycles. The fourth-order valence-corrected chi connectivity index (χ4v) is 2.48. The fourth-order valence-electron chi connectivity index (χ4n) is 2.48. The summed E-state index contributed by atoms with van der Waals surface area (Å²) in [4.78, 5) is 4.99. The lowest BCUT2D eigenvalue weighted by Gasteiger charge is -2.41. The molecule has 2 aliphatic rings. The monoisotopic (exact) mass is 198 g/mol. The van der Waals surface area contributed by atoms with Crippen molar-refractivity contribution in [3.8, 4) is 0 Å². The first kappa shape index (κ1) is 10.4. The maximum Gasteiger partial charge on any atom is 0.0622 e. The third-order valence-electron chi connectivity index (χ3n) is 3.56. The Morgan fingerprint density at radius 2 is 2.21 bits per heavy atom. The van der Waals surface area contributed by atoms with Crippen molar-refractivity contribution in [1.82, 2.24) is 9.80 Å². The summed E-state index contributed by atoms with van der Waals surface area (Å²) in [5.74, 6) is 0.903. The molecule has 0 aromatic carbocycles. The summed E-state index contributed by atoms with van der Waals surface area (Å²) >= 11 is 0. The first-order valence-corrected chi connectivity index (χ1v) is 5.80. The molecule has 3 nitrogen and oxygen atoms in total. The minimum absolute atomic E-state index is 0.686. The second-order valence-electron chi connectivity index (χ2n) is 4.68. The van der Waals surface area contributed by atoms with Gasteiger partial charge in [0.25, 0.3) is 0 Å². The van der Waals surface area contributed by atoms with Gasteiger partial charge < -0.3 is 14.5 Å². The second kappa shape index (κ2) is 4.60. The summed E-state index contributed by atoms with van der Waals surface area (Å²) in [7, 11) is 2.24. The van der Waals surface area contributed by atoms with Gasteiger partial charge in [0.15, 0.2) is 0 Å². The lowest BCUT2D eigenvalue weighted by molar-refractivity contribution is 0.0637. The molecule has 2 fully saturated rings. The van der Waals surface area contributed by atoms with Gasteiger partial charge in [-0.15, -0.1) is 0 Å². The average Bonchev–Trinajstić information content (AvgIpc) is 2.62. The number of likely N-dealkylation sites (tertiary alicyclic amines) is 1. The Morgan fingerprint density at radius 3 is 2.79 bits per heavy atom. The van der Waals surface area contributed by atoms with E-state index in [0.717, 1.165) is 19.1 Å². The van der Waals surface area contributed by atoms with Crippen LogP contribution in [0.5, 0.6) is 0 Å². The molecule has 2 aliphatic heterocycles. The van der Waals surface area contributed by atoms with Gasteiger partial charge in [0.1, 0.15) is 0 Å². The Kier molecular flexibility index (Phi) is 3.42. The molecule has 0 radical (unpaired) electrons. The van der Waals surface area contributed by atoms with E-state index in [1.165, 1.54) is 32.6 Å². The first-order chi connectivity index (χ1) is 6.79. The van der Waals surface area contributed by atoms with Crippen molar-refractivity contribution >= 4 is 0 Å². The quantitative estimate of drug-likeness (QED) is 0.660. The van der Waals surface area contributed by atoms with E-state index in [2.05, 4.69) is 23.8 Å². The average molecular weight is 198 g/mol. The highest BCUT2D eigenvalue weighted by atomic mass is 16.5. The van der Waals surface area contributed by atoms with Crippen LogP contribution in [0.15, 0.2) is 0 Å². The minimum atomic E-state index is 0.686. The van der Waals surface area contributed by atoms with E-state index >= 15 is 0 Å². The van der Waals surface area contributed by atoms with Crippen LogP contribution >= 0.6 is 0 Å². The van der Waals surface area contributed by atoms with Crippen LogP contribution in [-0.2, 0) is 4.74 Å². The standard InChI is InChI=1S/C11H22N2O/c1-3-13-7-10(8-13)6-12(2)11-4-5-14-9-11/h10-11H,3-9H2,1-2H3. The zero-order valence-electron chi connectivity index (χ0n) is 9.41. The van der Waals surface area contributed by atoms with Crippen molar-refractivity contribution in [2.24, 2.45) is 5.92 Å². The highest BCUT2D eigenvalue weighted by molar-refractivity contribution is 4.83. The molecule has 2 heterocycles. The zero-order valence-corrected chi connectivity index (χ0v) is 9.41. The van der Waals surface area contributed by atoms with Gasteiger partial charge >= 0.3 is 0 Å². The molecule has 2 rings (SSSR count). The maximum atomic E-state index is 5.40. The number of ether oxygens (including phenoxy) is 1. The zero-order chi connectivity index (χ0) is 9.97. The number of hydrogen-bond acceptors (Lipinski definition) is 3. The van der Waals surface area contributed by atoms with Crippen molar-refractivity contribution in [3.05, 3.63) is 0 Å². The molecule has 0 amide bonds. The van der Waals surface area contributed by atoms with Gasteiger partial charge in [0, 0.05) is 32.3 Å². The van der Waals surface area contributed by atoms with E-state index in [0.29, 0.717) is 6.04 Å². The highest BCUT2D eigenvalue weighted by Crippen LogP contribution is 2.18. The van der Waals surface area contributed by atoms with Gasteiger partial charge in [0.2, 0.25) is 0 Å². The van der Waals surface area contributed by atoms with Crippen LogP contribution in [0.3, 0.4) is 0 Å². The maximum absolute atomic E-state index is 5.40. The Balaban J connectivity index is 1.65. The topological polar surface area (TPSA) is 15.7 Å². The first-order valence-electron chi connectivity index (χ1n) is 5.80. The molecule has 0 spiro atoms. The predicted molar refractivity (Wildman–Crippen MR) is 57.5 cm³/mol. The molecule has 0 aromatic rings. The molecule has 0 bridgehead atoms. The van der Waals surface area contributed by atoms with Crippen LogP contribution < -0.4 is 0 Å². The molecule has 82 valence electrons. The summed E-state index contributed by atoms with van der Waals surface area (Å²) in [6.07, 6.45) is 1.22. The van der Waals surface area contributed by atoms with Gasteiger partial charge in [0.05, 0.1) is 6.61 Å². The van der Waals surface area contributed by atoms with Gasteiger partial charge in [-0.1, -0.05) is 6.92 Å². The lowest BCUT2D eigenvalue weighted by atomic mass is 9.99. The Hall–Kier alpha value is -0.120. The van der Waals surface area contributed by atoms with Gasteiger partial charge in [-0.05, 0) is 25.9 Å². The number of rotatable bonds is 4. The molecule has 14 heavy (non-hydrogen) atoms. The third-order valence-corrected chi connectivity index (χ3v) is 3.56. The summed E-state index contributed by atoms with van der Waals surface area (Å²) in [6, 6.07) is 0.686. The van der Waals surface area contributed by atoms with Crippen LogP contribution in [0.1, 0.15) is 13.3 Å². The molecule has 3 heteroatoms. The summed E-state index contributed by atoms with van der Waals surface area (Å²) in [5.41, 5.74) is 0. The fraction of sp³-hybridized carbons (Fsp3) is 1.00. The van der Waals surface area contributed by atoms with Crippen molar-refractivity contribution in [2.45, 2.75) is 19.4 Å². The van der Waals surface area contributed by atoms with E-state index in [9.17, 15) is 0 Å². The van der Waals surface area contributed by atoms with E-state index in [-0.39, 0.29) is 0 Å². The van der Waals surface area contributed by atoms with Crippen LogP contribution in [0.2, 0.25) is 0 Å². The van der Waals surface area contributed by atoms with E-state index in [1.807, 2.05) is 0 Å². The minimum Gasteiger partial charge on any atom is -0.380 e. The normalized spacial score (nSPS) is 29.8. The van der Waals surface area contributed by atoms with Crippen molar-refractivity contribution in [1.29, 1.82) is 0 Å². The Labute approximate surface area is 87.0 Å². The molecule has 1 unspecified atom stereocenters. The van der Waals surface area contributed by atoms with Crippen molar-refractivity contribution < 1.29 is 4.74 Å². The van der Waals surface area contributed by atoms with Gasteiger partial charge in [-0.25, -0.2) is 0 Å². The van der Waals surface area contributed by atoms with Crippen molar-refractivity contribution in [3.63, 3.8) is 0 Å². The molecule has 2 saturated heterocycles. The molecule has 0 saturated carbocycles. The number of hydrogen-bond donors (Lipinski definition) is 0. The van der Waals surface area contributed by atoms with Crippen LogP contribution in [-0.4, -0.2) is 62.3 Å². The largest absolute Gasteiger partial charge is 0.380 e. The van der Waals surface area contributed by atoms with Gasteiger partial charge in [-0.2, -0.15) is 0 Å². The summed E-state index contributed by atoms with van der Waals surface area (Å²) < 4.78 is 5.40. The smallest absolute Gasteiger partial charge is 0.0622 e. The molecular weight excluding hydrogens is 176 g/mol. The van der Waals surface area contributed by atoms with Crippen LogP contribution in [0.25, 0.3) is 0 Å². The highest BCUT2D eigenvalue weighted by Gasteiger charge is 2.29.